The van der Waals surface area contributed by atoms with E-state index in [9.17, 15) is 15.2 Å². The van der Waals surface area contributed by atoms with E-state index in [-0.39, 0.29) is 11.5 Å². The maximum absolute atomic E-state index is 11.0. The standard InChI is InChI=1S/C11H17N3O3/c1-7-5-6-12-10(9(7)14(16)17)13-11(3,4)8(2)15/h5-6,8,15H,1-4H3,(H,12,13). The van der Waals surface area contributed by atoms with Crippen LogP contribution in [-0.2, 0) is 0 Å². The van der Waals surface area contributed by atoms with Gasteiger partial charge in [0.05, 0.1) is 16.6 Å². The maximum Gasteiger partial charge on any atom is 0.314 e. The highest BCUT2D eigenvalue weighted by Gasteiger charge is 2.28. The molecule has 6 nitrogen and oxygen atoms in total. The molecule has 0 aromatic carbocycles. The molecule has 1 atom stereocenters. The van der Waals surface area contributed by atoms with E-state index in [1.54, 1.807) is 33.8 Å². The van der Waals surface area contributed by atoms with Gasteiger partial charge in [-0.15, -0.1) is 0 Å². The lowest BCUT2D eigenvalue weighted by atomic mass is 9.98. The quantitative estimate of drug-likeness (QED) is 0.618. The smallest absolute Gasteiger partial charge is 0.314 e. The van der Waals surface area contributed by atoms with Crippen LogP contribution in [0.2, 0.25) is 0 Å². The van der Waals surface area contributed by atoms with Crippen molar-refractivity contribution in [1.29, 1.82) is 0 Å². The van der Waals surface area contributed by atoms with Crippen molar-refractivity contribution in [3.05, 3.63) is 27.9 Å². The lowest BCUT2D eigenvalue weighted by Gasteiger charge is -2.29. The average Bonchev–Trinajstić information content (AvgIpc) is 2.15. The molecule has 2 N–H and O–H groups in total. The number of rotatable bonds is 4. The summed E-state index contributed by atoms with van der Waals surface area (Å²) in [5.41, 5.74) is -0.207. The second-order valence-electron chi connectivity index (χ2n) is 4.60. The van der Waals surface area contributed by atoms with Gasteiger partial charge in [0.2, 0.25) is 5.82 Å². The summed E-state index contributed by atoms with van der Waals surface area (Å²) in [6, 6.07) is 1.58. The van der Waals surface area contributed by atoms with Crippen LogP contribution in [0.25, 0.3) is 0 Å². The molecule has 1 rings (SSSR count). The summed E-state index contributed by atoms with van der Waals surface area (Å²) in [5.74, 6) is 0.181. The Morgan fingerprint density at radius 3 is 2.65 bits per heavy atom. The lowest BCUT2D eigenvalue weighted by Crippen LogP contribution is -2.42. The SMILES string of the molecule is Cc1ccnc(NC(C)(C)C(C)O)c1[N+](=O)[O-]. The van der Waals surface area contributed by atoms with Crippen molar-refractivity contribution in [1.82, 2.24) is 4.98 Å². The molecule has 0 radical (unpaired) electrons. The van der Waals surface area contributed by atoms with Gasteiger partial charge in [0, 0.05) is 11.8 Å². The third-order valence-electron chi connectivity index (χ3n) is 2.79. The average molecular weight is 239 g/mol. The van der Waals surface area contributed by atoms with E-state index in [4.69, 9.17) is 0 Å². The molecule has 6 heteroatoms. The van der Waals surface area contributed by atoms with Crippen molar-refractivity contribution in [3.8, 4) is 0 Å². The Kier molecular flexibility index (Phi) is 3.67. The van der Waals surface area contributed by atoms with Gasteiger partial charge in [-0.2, -0.15) is 0 Å². The number of nitro groups is 1. The van der Waals surface area contributed by atoms with E-state index >= 15 is 0 Å². The van der Waals surface area contributed by atoms with Gasteiger partial charge in [0.25, 0.3) is 0 Å². The molecule has 94 valence electrons. The zero-order chi connectivity index (χ0) is 13.2. The van der Waals surface area contributed by atoms with Crippen LogP contribution < -0.4 is 5.32 Å². The predicted octanol–water partition coefficient (Wildman–Crippen LogP) is 1.87. The number of aliphatic hydroxyl groups is 1. The van der Waals surface area contributed by atoms with Crippen molar-refractivity contribution < 1.29 is 10.0 Å². The number of aromatic nitrogens is 1. The van der Waals surface area contributed by atoms with Gasteiger partial charge in [-0.05, 0) is 33.8 Å². The first kappa shape index (κ1) is 13.4. The Balaban J connectivity index is 3.15. The van der Waals surface area contributed by atoms with Crippen LogP contribution in [0.15, 0.2) is 12.3 Å². The van der Waals surface area contributed by atoms with Gasteiger partial charge in [0.15, 0.2) is 0 Å². The van der Waals surface area contributed by atoms with E-state index in [2.05, 4.69) is 10.3 Å². The summed E-state index contributed by atoms with van der Waals surface area (Å²) in [5, 5.41) is 23.4. The molecule has 0 fully saturated rings. The lowest BCUT2D eigenvalue weighted by molar-refractivity contribution is -0.384. The summed E-state index contributed by atoms with van der Waals surface area (Å²) < 4.78 is 0. The minimum absolute atomic E-state index is 0.0544. The highest BCUT2D eigenvalue weighted by Crippen LogP contribution is 2.28. The summed E-state index contributed by atoms with van der Waals surface area (Å²) >= 11 is 0. The molecule has 0 saturated carbocycles. The van der Waals surface area contributed by atoms with E-state index < -0.39 is 16.6 Å². The highest BCUT2D eigenvalue weighted by molar-refractivity contribution is 5.60. The topological polar surface area (TPSA) is 88.3 Å². The van der Waals surface area contributed by atoms with Gasteiger partial charge in [-0.3, -0.25) is 10.1 Å². The number of aryl methyl sites for hydroxylation is 1. The van der Waals surface area contributed by atoms with Gasteiger partial charge in [-0.25, -0.2) is 4.98 Å². The molecule has 0 spiro atoms. The van der Waals surface area contributed by atoms with Crippen LogP contribution in [0.3, 0.4) is 0 Å². The fourth-order valence-corrected chi connectivity index (χ4v) is 1.28. The molecule has 0 amide bonds. The molecule has 1 aromatic rings. The number of nitrogens with one attached hydrogen (secondary N) is 1. The molecule has 0 saturated heterocycles. The summed E-state index contributed by atoms with van der Waals surface area (Å²) in [6.45, 7) is 6.78. The molecule has 17 heavy (non-hydrogen) atoms. The molecular formula is C11H17N3O3. The van der Waals surface area contributed by atoms with Crippen molar-refractivity contribution >= 4 is 11.5 Å². The Labute approximate surface area is 99.8 Å². The zero-order valence-electron chi connectivity index (χ0n) is 10.4. The third-order valence-corrected chi connectivity index (χ3v) is 2.79. The predicted molar refractivity (Wildman–Crippen MR) is 65.0 cm³/mol. The summed E-state index contributed by atoms with van der Waals surface area (Å²) in [4.78, 5) is 14.5. The second-order valence-corrected chi connectivity index (χ2v) is 4.60. The van der Waals surface area contributed by atoms with Crippen LogP contribution >= 0.6 is 0 Å². The highest BCUT2D eigenvalue weighted by atomic mass is 16.6. The summed E-state index contributed by atoms with van der Waals surface area (Å²) in [6.07, 6.45) is 0.840. The zero-order valence-corrected chi connectivity index (χ0v) is 10.4. The number of hydrogen-bond donors (Lipinski definition) is 2. The summed E-state index contributed by atoms with van der Waals surface area (Å²) in [7, 11) is 0. The monoisotopic (exact) mass is 239 g/mol. The maximum atomic E-state index is 11.0. The van der Waals surface area contributed by atoms with Crippen LogP contribution in [0.4, 0.5) is 11.5 Å². The number of hydrogen-bond acceptors (Lipinski definition) is 5. The third kappa shape index (κ3) is 2.91. The number of anilines is 1. The molecule has 0 aliphatic rings. The van der Waals surface area contributed by atoms with Crippen molar-refractivity contribution in [2.45, 2.75) is 39.3 Å². The van der Waals surface area contributed by atoms with Crippen molar-refractivity contribution in [3.63, 3.8) is 0 Å². The van der Waals surface area contributed by atoms with Crippen molar-refractivity contribution in [2.75, 3.05) is 5.32 Å². The van der Waals surface area contributed by atoms with Crippen LogP contribution in [-0.4, -0.2) is 26.7 Å². The van der Waals surface area contributed by atoms with E-state index in [0.29, 0.717) is 5.56 Å². The fourth-order valence-electron chi connectivity index (χ4n) is 1.28. The first-order valence-electron chi connectivity index (χ1n) is 5.32. The van der Waals surface area contributed by atoms with E-state index in [1.165, 1.54) is 6.20 Å². The van der Waals surface area contributed by atoms with Gasteiger partial charge >= 0.3 is 5.69 Å². The molecule has 0 bridgehead atoms. The first-order valence-corrected chi connectivity index (χ1v) is 5.32. The second kappa shape index (κ2) is 4.67. The van der Waals surface area contributed by atoms with Gasteiger partial charge in [0.1, 0.15) is 0 Å². The molecule has 0 aliphatic heterocycles. The number of nitrogens with zero attached hydrogens (tertiary/aromatic N) is 2. The molecule has 1 unspecified atom stereocenters. The van der Waals surface area contributed by atoms with Crippen LogP contribution in [0.5, 0.6) is 0 Å². The molecule has 0 aliphatic carbocycles. The molecule has 1 heterocycles. The Morgan fingerprint density at radius 1 is 1.59 bits per heavy atom. The molecular weight excluding hydrogens is 222 g/mol. The van der Waals surface area contributed by atoms with Crippen LogP contribution in [0, 0.1) is 17.0 Å². The number of aliphatic hydroxyl groups excluding tert-OH is 1. The Hall–Kier alpha value is -1.69. The largest absolute Gasteiger partial charge is 0.391 e. The first-order chi connectivity index (χ1) is 7.75. The Morgan fingerprint density at radius 2 is 2.18 bits per heavy atom. The minimum atomic E-state index is -0.689. The minimum Gasteiger partial charge on any atom is -0.391 e. The normalized spacial score (nSPS) is 13.2. The van der Waals surface area contributed by atoms with Gasteiger partial charge < -0.3 is 10.4 Å². The van der Waals surface area contributed by atoms with Gasteiger partial charge in [-0.1, -0.05) is 0 Å². The fraction of sp³-hybridized carbons (Fsp3) is 0.545. The van der Waals surface area contributed by atoms with E-state index in [0.717, 1.165) is 0 Å². The van der Waals surface area contributed by atoms with Crippen LogP contribution in [0.1, 0.15) is 26.3 Å². The number of pyridine rings is 1. The van der Waals surface area contributed by atoms with E-state index in [1.807, 2.05) is 0 Å². The van der Waals surface area contributed by atoms with Crippen molar-refractivity contribution in [2.24, 2.45) is 0 Å². The Bertz CT molecular complexity index is 430. The molecule has 1 aromatic heterocycles.